The molecule has 0 aromatic rings. The number of esters is 2. The molecule has 0 atom stereocenters. The first-order valence-corrected chi connectivity index (χ1v) is 9.21. The molecule has 0 aliphatic rings. The molecule has 146 valence electrons. The molecule has 0 aromatic heterocycles. The van der Waals surface area contributed by atoms with E-state index in [4.69, 9.17) is 18.9 Å². The van der Waals surface area contributed by atoms with Crippen molar-refractivity contribution in [2.45, 2.75) is 58.8 Å². The molecule has 0 aliphatic carbocycles. The van der Waals surface area contributed by atoms with Crippen LogP contribution in [0.5, 0.6) is 0 Å². The van der Waals surface area contributed by atoms with Gasteiger partial charge in [0.1, 0.15) is 6.61 Å². The van der Waals surface area contributed by atoms with Crippen molar-refractivity contribution in [1.29, 1.82) is 0 Å². The van der Waals surface area contributed by atoms with E-state index in [1.54, 1.807) is 6.92 Å². The van der Waals surface area contributed by atoms with Gasteiger partial charge in [-0.05, 0) is 39.5 Å². The number of hydrogen-bond acceptors (Lipinski definition) is 6. The second-order valence-corrected chi connectivity index (χ2v) is 5.82. The maximum Gasteiger partial charge on any atom is 0.333 e. The molecule has 0 amide bonds. The summed E-state index contributed by atoms with van der Waals surface area (Å²) in [6, 6.07) is 0. The molecular weight excluding hydrogens is 324 g/mol. The summed E-state index contributed by atoms with van der Waals surface area (Å²) in [7, 11) is 0. The highest BCUT2D eigenvalue weighted by Crippen LogP contribution is 2.05. The molecule has 0 aliphatic heterocycles. The lowest BCUT2D eigenvalue weighted by Crippen LogP contribution is -2.11. The number of ether oxygens (including phenoxy) is 4. The van der Waals surface area contributed by atoms with Crippen LogP contribution in [0.3, 0.4) is 0 Å². The van der Waals surface area contributed by atoms with Crippen molar-refractivity contribution in [2.75, 3.05) is 39.6 Å². The predicted molar refractivity (Wildman–Crippen MR) is 96.4 cm³/mol. The molecule has 0 saturated heterocycles. The molecule has 0 fully saturated rings. The van der Waals surface area contributed by atoms with Crippen LogP contribution in [0.4, 0.5) is 0 Å². The quantitative estimate of drug-likeness (QED) is 0.225. The van der Waals surface area contributed by atoms with Crippen LogP contribution in [-0.2, 0) is 28.5 Å². The zero-order chi connectivity index (χ0) is 18.8. The average molecular weight is 358 g/mol. The Hall–Kier alpha value is -1.40. The Morgan fingerprint density at radius 1 is 0.760 bits per heavy atom. The number of unbranched alkanes of at least 4 members (excludes halogenated alkanes) is 4. The van der Waals surface area contributed by atoms with E-state index in [0.717, 1.165) is 51.7 Å². The summed E-state index contributed by atoms with van der Waals surface area (Å²) in [6.45, 7) is 10.5. The van der Waals surface area contributed by atoms with Crippen molar-refractivity contribution < 1.29 is 28.5 Å². The van der Waals surface area contributed by atoms with E-state index < -0.39 is 0 Å². The summed E-state index contributed by atoms with van der Waals surface area (Å²) in [5.74, 6) is -0.534. The largest absolute Gasteiger partial charge is 0.463 e. The minimum atomic E-state index is -0.347. The number of hydrogen-bond donors (Lipinski definition) is 0. The third-order valence-electron chi connectivity index (χ3n) is 3.38. The maximum absolute atomic E-state index is 11.5. The SMILES string of the molecule is C=C(C)C(=O)OCCCCCCC(=O)OCCOCCCCOCC. The van der Waals surface area contributed by atoms with E-state index in [-0.39, 0.29) is 11.9 Å². The van der Waals surface area contributed by atoms with Crippen LogP contribution < -0.4 is 0 Å². The molecule has 0 N–H and O–H groups in total. The Morgan fingerprint density at radius 2 is 1.40 bits per heavy atom. The maximum atomic E-state index is 11.5. The van der Waals surface area contributed by atoms with Gasteiger partial charge in [-0.2, -0.15) is 0 Å². The van der Waals surface area contributed by atoms with Crippen molar-refractivity contribution >= 4 is 11.9 Å². The van der Waals surface area contributed by atoms with Gasteiger partial charge in [-0.15, -0.1) is 0 Å². The zero-order valence-corrected chi connectivity index (χ0v) is 15.8. The lowest BCUT2D eigenvalue weighted by atomic mass is 10.1. The molecule has 0 rings (SSSR count). The molecule has 0 saturated carbocycles. The van der Waals surface area contributed by atoms with Crippen LogP contribution in [0.1, 0.15) is 58.8 Å². The van der Waals surface area contributed by atoms with Crippen molar-refractivity contribution in [1.82, 2.24) is 0 Å². The number of rotatable bonds is 17. The summed E-state index contributed by atoms with van der Waals surface area (Å²) in [6.07, 6.45) is 5.77. The Bertz CT molecular complexity index is 367. The Morgan fingerprint density at radius 3 is 2.08 bits per heavy atom. The standard InChI is InChI=1S/C19H34O6/c1-4-22-12-9-10-13-23-15-16-24-18(20)11-7-5-6-8-14-25-19(21)17(2)3/h2,4-16H2,1,3H3. The van der Waals surface area contributed by atoms with Gasteiger partial charge >= 0.3 is 11.9 Å². The van der Waals surface area contributed by atoms with E-state index >= 15 is 0 Å². The first kappa shape index (κ1) is 23.6. The fraction of sp³-hybridized carbons (Fsp3) is 0.789. The minimum absolute atomic E-state index is 0.186. The van der Waals surface area contributed by atoms with Gasteiger partial charge in [0, 0.05) is 31.8 Å². The van der Waals surface area contributed by atoms with Gasteiger partial charge in [0.2, 0.25) is 0 Å². The molecule has 0 bridgehead atoms. The monoisotopic (exact) mass is 358 g/mol. The predicted octanol–water partition coefficient (Wildman–Crippen LogP) is 3.43. The molecule has 0 heterocycles. The van der Waals surface area contributed by atoms with E-state index in [1.807, 2.05) is 6.92 Å². The third-order valence-corrected chi connectivity index (χ3v) is 3.38. The second-order valence-electron chi connectivity index (χ2n) is 5.82. The Labute approximate surface area is 151 Å². The van der Waals surface area contributed by atoms with Gasteiger partial charge in [-0.1, -0.05) is 19.4 Å². The number of carbonyl (C=O) groups excluding carboxylic acids is 2. The molecule has 6 heteroatoms. The van der Waals surface area contributed by atoms with E-state index in [2.05, 4.69) is 6.58 Å². The normalized spacial score (nSPS) is 10.5. The lowest BCUT2D eigenvalue weighted by molar-refractivity contribution is -0.145. The summed E-state index contributed by atoms with van der Waals surface area (Å²) in [4.78, 5) is 22.7. The van der Waals surface area contributed by atoms with Gasteiger partial charge in [0.25, 0.3) is 0 Å². The van der Waals surface area contributed by atoms with Gasteiger partial charge in [0.05, 0.1) is 13.2 Å². The van der Waals surface area contributed by atoms with Crippen LogP contribution in [-0.4, -0.2) is 51.6 Å². The molecule has 0 radical (unpaired) electrons. The van der Waals surface area contributed by atoms with Crippen LogP contribution >= 0.6 is 0 Å². The fourth-order valence-electron chi connectivity index (χ4n) is 1.95. The van der Waals surface area contributed by atoms with E-state index in [1.165, 1.54) is 0 Å². The second kappa shape index (κ2) is 17.4. The molecule has 0 aromatic carbocycles. The van der Waals surface area contributed by atoms with E-state index in [9.17, 15) is 9.59 Å². The van der Waals surface area contributed by atoms with E-state index in [0.29, 0.717) is 38.4 Å². The zero-order valence-electron chi connectivity index (χ0n) is 15.8. The third kappa shape index (κ3) is 17.2. The first-order valence-electron chi connectivity index (χ1n) is 9.21. The Kier molecular flexibility index (Phi) is 16.4. The van der Waals surface area contributed by atoms with Gasteiger partial charge in [0.15, 0.2) is 0 Å². The highest BCUT2D eigenvalue weighted by Gasteiger charge is 2.04. The molecule has 25 heavy (non-hydrogen) atoms. The topological polar surface area (TPSA) is 71.1 Å². The highest BCUT2D eigenvalue weighted by atomic mass is 16.6. The summed E-state index contributed by atoms with van der Waals surface area (Å²) >= 11 is 0. The van der Waals surface area contributed by atoms with Crippen LogP contribution in [0.25, 0.3) is 0 Å². The van der Waals surface area contributed by atoms with Crippen LogP contribution in [0.15, 0.2) is 12.2 Å². The lowest BCUT2D eigenvalue weighted by Gasteiger charge is -2.07. The minimum Gasteiger partial charge on any atom is -0.463 e. The molecule has 6 nitrogen and oxygen atoms in total. The first-order chi connectivity index (χ1) is 12.1. The smallest absolute Gasteiger partial charge is 0.333 e. The van der Waals surface area contributed by atoms with Crippen molar-refractivity contribution in [3.63, 3.8) is 0 Å². The Balaban J connectivity index is 3.26. The summed E-state index contributed by atoms with van der Waals surface area (Å²) in [5.41, 5.74) is 0.414. The van der Waals surface area contributed by atoms with Gasteiger partial charge in [-0.3, -0.25) is 4.79 Å². The number of carbonyl (C=O) groups is 2. The fourth-order valence-corrected chi connectivity index (χ4v) is 1.95. The molecule has 0 spiro atoms. The average Bonchev–Trinajstić information content (AvgIpc) is 2.59. The molecular formula is C19H34O6. The van der Waals surface area contributed by atoms with Crippen LogP contribution in [0, 0.1) is 0 Å². The van der Waals surface area contributed by atoms with Gasteiger partial charge < -0.3 is 18.9 Å². The summed E-state index contributed by atoms with van der Waals surface area (Å²) in [5, 5.41) is 0. The van der Waals surface area contributed by atoms with Crippen molar-refractivity contribution in [3.8, 4) is 0 Å². The van der Waals surface area contributed by atoms with Crippen molar-refractivity contribution in [2.24, 2.45) is 0 Å². The highest BCUT2D eigenvalue weighted by molar-refractivity contribution is 5.86. The van der Waals surface area contributed by atoms with Crippen LogP contribution in [0.2, 0.25) is 0 Å². The summed E-state index contributed by atoms with van der Waals surface area (Å²) < 4.78 is 20.7. The van der Waals surface area contributed by atoms with Gasteiger partial charge in [-0.25, -0.2) is 4.79 Å². The van der Waals surface area contributed by atoms with Crippen molar-refractivity contribution in [3.05, 3.63) is 12.2 Å². The molecule has 0 unspecified atom stereocenters.